The topological polar surface area (TPSA) is 0 Å². The molecule has 0 heterocycles. The summed E-state index contributed by atoms with van der Waals surface area (Å²) in [5, 5.41) is 0. The highest BCUT2D eigenvalue weighted by Gasteiger charge is 2.07. The van der Waals surface area contributed by atoms with E-state index >= 15 is 0 Å². The van der Waals surface area contributed by atoms with Crippen molar-refractivity contribution in [1.29, 1.82) is 0 Å². The lowest BCUT2D eigenvalue weighted by Crippen LogP contribution is -1.94. The van der Waals surface area contributed by atoms with Crippen molar-refractivity contribution in [3.05, 3.63) is 29.1 Å². The van der Waals surface area contributed by atoms with E-state index in [0.717, 1.165) is 16.0 Å². The van der Waals surface area contributed by atoms with E-state index < -0.39 is 0 Å². The van der Waals surface area contributed by atoms with Crippen LogP contribution in [0.25, 0.3) is 0 Å². The number of rotatable bonds is 1. The Bertz CT molecular complexity index is 292. The predicted octanol–water partition coefficient (Wildman–Crippen LogP) is 3.55. The molecule has 1 rings (SSSR count). The minimum Gasteiger partial charge on any atom is -0.207 e. The van der Waals surface area contributed by atoms with Crippen molar-refractivity contribution in [2.75, 3.05) is 0 Å². The molecule has 0 aliphatic rings. The summed E-state index contributed by atoms with van der Waals surface area (Å²) in [6, 6.07) is 3.03. The van der Waals surface area contributed by atoms with E-state index in [9.17, 15) is 4.39 Å². The number of hydrogen-bond acceptors (Lipinski definition) is 1. The molecule has 0 bridgehead atoms. The maximum Gasteiger partial charge on any atom is 0.124 e. The molecule has 0 unspecified atom stereocenters. The highest BCUT2D eigenvalue weighted by Crippen LogP contribution is 2.25. The van der Waals surface area contributed by atoms with Crippen LogP contribution in [0.5, 0.6) is 0 Å². The lowest BCUT2D eigenvalue weighted by atomic mass is 9.98. The van der Waals surface area contributed by atoms with E-state index in [2.05, 4.69) is 26.5 Å². The van der Waals surface area contributed by atoms with Gasteiger partial charge in [0, 0.05) is 4.90 Å². The summed E-state index contributed by atoms with van der Waals surface area (Å²) in [5.41, 5.74) is 2.12. The molecule has 0 atom stereocenters. The Morgan fingerprint density at radius 1 is 1.33 bits per heavy atom. The van der Waals surface area contributed by atoms with Crippen molar-refractivity contribution >= 4 is 12.6 Å². The Kier molecular flexibility index (Phi) is 2.78. The second-order valence-corrected chi connectivity index (χ2v) is 3.78. The molecule has 0 radical (unpaired) electrons. The summed E-state index contributed by atoms with van der Waals surface area (Å²) in [5.74, 6) is 0.154. The molecule has 0 saturated heterocycles. The van der Waals surface area contributed by atoms with Gasteiger partial charge in [-0.25, -0.2) is 4.39 Å². The quantitative estimate of drug-likeness (QED) is 0.634. The van der Waals surface area contributed by atoms with E-state index in [4.69, 9.17) is 0 Å². The molecule has 12 heavy (non-hydrogen) atoms. The van der Waals surface area contributed by atoms with E-state index in [1.54, 1.807) is 6.07 Å². The first-order chi connectivity index (χ1) is 5.52. The van der Waals surface area contributed by atoms with Crippen molar-refractivity contribution in [2.24, 2.45) is 0 Å². The van der Waals surface area contributed by atoms with Gasteiger partial charge in [-0.3, -0.25) is 0 Å². The van der Waals surface area contributed by atoms with E-state index in [1.165, 1.54) is 6.07 Å². The van der Waals surface area contributed by atoms with Crippen molar-refractivity contribution in [2.45, 2.75) is 31.6 Å². The third-order valence-corrected chi connectivity index (χ3v) is 2.47. The fraction of sp³-hybridized carbons (Fsp3) is 0.400. The van der Waals surface area contributed by atoms with Gasteiger partial charge < -0.3 is 0 Å². The van der Waals surface area contributed by atoms with Crippen LogP contribution in [0, 0.1) is 12.7 Å². The first kappa shape index (κ1) is 9.59. The molecule has 0 nitrogen and oxygen atoms in total. The molecule has 0 aliphatic carbocycles. The van der Waals surface area contributed by atoms with Gasteiger partial charge in [-0.2, -0.15) is 0 Å². The van der Waals surface area contributed by atoms with Crippen LogP contribution < -0.4 is 0 Å². The summed E-state index contributed by atoms with van der Waals surface area (Å²) in [6.07, 6.45) is 0. The zero-order valence-corrected chi connectivity index (χ0v) is 8.45. The first-order valence-electron chi connectivity index (χ1n) is 4.01. The van der Waals surface area contributed by atoms with Crippen LogP contribution >= 0.6 is 12.6 Å². The normalized spacial score (nSPS) is 10.8. The summed E-state index contributed by atoms with van der Waals surface area (Å²) in [4.78, 5) is 0.735. The summed E-state index contributed by atoms with van der Waals surface area (Å²) < 4.78 is 12.9. The van der Waals surface area contributed by atoms with Crippen LogP contribution in [-0.2, 0) is 0 Å². The molecule has 2 heteroatoms. The number of thiol groups is 1. The molecule has 0 N–H and O–H groups in total. The molecule has 0 amide bonds. The van der Waals surface area contributed by atoms with Crippen molar-refractivity contribution in [3.63, 3.8) is 0 Å². The molecule has 0 spiro atoms. The highest BCUT2D eigenvalue weighted by molar-refractivity contribution is 7.80. The minimum atomic E-state index is -0.200. The zero-order valence-electron chi connectivity index (χ0n) is 7.56. The van der Waals surface area contributed by atoms with E-state index in [-0.39, 0.29) is 5.82 Å². The highest BCUT2D eigenvalue weighted by atomic mass is 32.1. The maximum atomic E-state index is 12.9. The molecule has 1 aromatic rings. The average molecular weight is 184 g/mol. The number of hydrogen-bond donors (Lipinski definition) is 1. The second-order valence-electron chi connectivity index (χ2n) is 3.29. The molecule has 0 aliphatic heterocycles. The Morgan fingerprint density at radius 2 is 1.92 bits per heavy atom. The van der Waals surface area contributed by atoms with E-state index in [1.807, 2.05) is 6.92 Å². The van der Waals surface area contributed by atoms with Gasteiger partial charge in [0.2, 0.25) is 0 Å². The molecule has 0 saturated carbocycles. The zero-order chi connectivity index (χ0) is 9.30. The Hall–Kier alpha value is -0.500. The van der Waals surface area contributed by atoms with Gasteiger partial charge >= 0.3 is 0 Å². The van der Waals surface area contributed by atoms with Crippen LogP contribution in [0.2, 0.25) is 0 Å². The van der Waals surface area contributed by atoms with Gasteiger partial charge in [0.1, 0.15) is 5.82 Å². The van der Waals surface area contributed by atoms with Gasteiger partial charge in [-0.15, -0.1) is 12.6 Å². The summed E-state index contributed by atoms with van der Waals surface area (Å²) in [7, 11) is 0. The maximum absolute atomic E-state index is 12.9. The average Bonchev–Trinajstić information content (AvgIpc) is 1.96. The van der Waals surface area contributed by atoms with Gasteiger partial charge in [-0.05, 0) is 36.1 Å². The van der Waals surface area contributed by atoms with Crippen LogP contribution in [0.4, 0.5) is 4.39 Å². The van der Waals surface area contributed by atoms with Crippen LogP contribution in [0.15, 0.2) is 17.0 Å². The van der Waals surface area contributed by atoms with E-state index in [0.29, 0.717) is 5.92 Å². The largest absolute Gasteiger partial charge is 0.207 e. The fourth-order valence-electron chi connectivity index (χ4n) is 1.28. The smallest absolute Gasteiger partial charge is 0.124 e. The first-order valence-corrected chi connectivity index (χ1v) is 4.46. The van der Waals surface area contributed by atoms with Crippen LogP contribution in [0.3, 0.4) is 0 Å². The lowest BCUT2D eigenvalue weighted by molar-refractivity contribution is 0.618. The molecular formula is C10H13FS. The van der Waals surface area contributed by atoms with Crippen LogP contribution in [-0.4, -0.2) is 0 Å². The second kappa shape index (κ2) is 3.48. The lowest BCUT2D eigenvalue weighted by Gasteiger charge is -2.11. The summed E-state index contributed by atoms with van der Waals surface area (Å²) in [6.45, 7) is 6.07. The van der Waals surface area contributed by atoms with Gasteiger partial charge in [-0.1, -0.05) is 13.8 Å². The number of benzene rings is 1. The molecule has 1 aromatic carbocycles. The van der Waals surface area contributed by atoms with Crippen LogP contribution in [0.1, 0.15) is 30.9 Å². The fourth-order valence-corrected chi connectivity index (χ4v) is 1.54. The monoisotopic (exact) mass is 184 g/mol. The van der Waals surface area contributed by atoms with Gasteiger partial charge in [0.15, 0.2) is 0 Å². The van der Waals surface area contributed by atoms with Crippen molar-refractivity contribution in [1.82, 2.24) is 0 Å². The van der Waals surface area contributed by atoms with Gasteiger partial charge in [0.25, 0.3) is 0 Å². The number of halogens is 1. The third-order valence-electron chi connectivity index (χ3n) is 2.01. The molecule has 0 aromatic heterocycles. The third kappa shape index (κ3) is 1.81. The molecular weight excluding hydrogens is 171 g/mol. The summed E-state index contributed by atoms with van der Waals surface area (Å²) >= 11 is 4.19. The standard InChI is InChI=1S/C10H13FS/c1-6(2)9-4-8(11)5-10(12)7(9)3/h4-6,12H,1-3H3. The van der Waals surface area contributed by atoms with Crippen molar-refractivity contribution in [3.8, 4) is 0 Å². The Balaban J connectivity index is 3.28. The SMILES string of the molecule is Cc1c(S)cc(F)cc1C(C)C. The molecule has 0 fully saturated rings. The Labute approximate surface area is 78.2 Å². The Morgan fingerprint density at radius 3 is 2.42 bits per heavy atom. The van der Waals surface area contributed by atoms with Crippen molar-refractivity contribution < 1.29 is 4.39 Å². The van der Waals surface area contributed by atoms with Gasteiger partial charge in [0.05, 0.1) is 0 Å². The minimum absolute atomic E-state index is 0.200. The predicted molar refractivity (Wildman–Crippen MR) is 52.5 cm³/mol. The molecule has 66 valence electrons.